The summed E-state index contributed by atoms with van der Waals surface area (Å²) in [5, 5.41) is 0. The van der Waals surface area contributed by atoms with Crippen molar-refractivity contribution in [3.05, 3.63) is 71.8 Å². The standard InChI is InChI=1S/C19H19NO3S/c1-24-13-12-16-19(22)23-18(15-10-6-3-7-11-15)20(16)17(21)14-8-4-2-5-9-14/h2-11,16,18H,12-13H2,1H3/t16-,18+/m0/s1. The first kappa shape index (κ1) is 16.6. The molecule has 1 aliphatic rings. The predicted octanol–water partition coefficient (Wildman–Crippen LogP) is 3.51. The SMILES string of the molecule is CSCC[C@H]1C(=O)O[C@H](c2ccccc2)N1C(=O)c1ccccc1. The summed E-state index contributed by atoms with van der Waals surface area (Å²) in [6.07, 6.45) is 1.90. The molecule has 0 spiro atoms. The minimum Gasteiger partial charge on any atom is -0.435 e. The van der Waals surface area contributed by atoms with Crippen LogP contribution < -0.4 is 0 Å². The van der Waals surface area contributed by atoms with Crippen LogP contribution in [0.15, 0.2) is 60.7 Å². The fourth-order valence-corrected chi connectivity index (χ4v) is 3.29. The maximum Gasteiger partial charge on any atom is 0.331 e. The monoisotopic (exact) mass is 341 g/mol. The van der Waals surface area contributed by atoms with Crippen LogP contribution in [0.25, 0.3) is 0 Å². The molecule has 2 aromatic rings. The Hall–Kier alpha value is -2.27. The maximum absolute atomic E-state index is 13.0. The number of rotatable bonds is 5. The summed E-state index contributed by atoms with van der Waals surface area (Å²) < 4.78 is 5.57. The molecule has 124 valence electrons. The molecule has 3 rings (SSSR count). The van der Waals surface area contributed by atoms with Gasteiger partial charge in [-0.15, -0.1) is 0 Å². The molecule has 0 aromatic heterocycles. The highest BCUT2D eigenvalue weighted by molar-refractivity contribution is 7.98. The zero-order chi connectivity index (χ0) is 16.9. The molecule has 0 aliphatic carbocycles. The lowest BCUT2D eigenvalue weighted by Gasteiger charge is -2.26. The number of ether oxygens (including phenoxy) is 1. The number of thioether (sulfide) groups is 1. The molecule has 0 saturated carbocycles. The Morgan fingerprint density at radius 1 is 1.08 bits per heavy atom. The van der Waals surface area contributed by atoms with Crippen LogP contribution in [0.5, 0.6) is 0 Å². The molecule has 0 bridgehead atoms. The average molecular weight is 341 g/mol. The van der Waals surface area contributed by atoms with Gasteiger partial charge < -0.3 is 4.74 Å². The first-order valence-corrected chi connectivity index (χ1v) is 9.24. The van der Waals surface area contributed by atoms with E-state index >= 15 is 0 Å². The van der Waals surface area contributed by atoms with Gasteiger partial charge in [-0.2, -0.15) is 11.8 Å². The maximum atomic E-state index is 13.0. The first-order valence-electron chi connectivity index (χ1n) is 7.84. The normalized spacial score (nSPS) is 20.0. The van der Waals surface area contributed by atoms with Gasteiger partial charge in [0.2, 0.25) is 6.23 Å². The van der Waals surface area contributed by atoms with Crippen molar-refractivity contribution in [2.24, 2.45) is 0 Å². The van der Waals surface area contributed by atoms with Crippen LogP contribution in [0.2, 0.25) is 0 Å². The molecule has 4 nitrogen and oxygen atoms in total. The third-order valence-corrected chi connectivity index (χ3v) is 4.67. The summed E-state index contributed by atoms with van der Waals surface area (Å²) in [6, 6.07) is 17.9. The van der Waals surface area contributed by atoms with Crippen LogP contribution in [-0.2, 0) is 9.53 Å². The summed E-state index contributed by atoms with van der Waals surface area (Å²) in [5.41, 5.74) is 1.37. The predicted molar refractivity (Wildman–Crippen MR) is 94.7 cm³/mol. The van der Waals surface area contributed by atoms with Crippen LogP contribution in [-0.4, -0.2) is 34.8 Å². The van der Waals surface area contributed by atoms with E-state index in [2.05, 4.69) is 0 Å². The number of esters is 1. The first-order chi connectivity index (χ1) is 11.7. The fourth-order valence-electron chi connectivity index (χ4n) is 2.83. The van der Waals surface area contributed by atoms with Crippen molar-refractivity contribution in [1.29, 1.82) is 0 Å². The van der Waals surface area contributed by atoms with Gasteiger partial charge in [0.25, 0.3) is 5.91 Å². The van der Waals surface area contributed by atoms with Crippen LogP contribution in [0.3, 0.4) is 0 Å². The molecule has 1 amide bonds. The van der Waals surface area contributed by atoms with E-state index in [1.807, 2.05) is 54.8 Å². The Kier molecular flexibility index (Phi) is 5.20. The van der Waals surface area contributed by atoms with Crippen molar-refractivity contribution in [2.75, 3.05) is 12.0 Å². The molecule has 5 heteroatoms. The smallest absolute Gasteiger partial charge is 0.331 e. The van der Waals surface area contributed by atoms with Crippen LogP contribution in [0.4, 0.5) is 0 Å². The van der Waals surface area contributed by atoms with E-state index in [4.69, 9.17) is 4.74 Å². The molecule has 2 atom stereocenters. The van der Waals surface area contributed by atoms with E-state index in [-0.39, 0.29) is 11.9 Å². The lowest BCUT2D eigenvalue weighted by Crippen LogP contribution is -2.40. The minimum absolute atomic E-state index is 0.179. The van der Waals surface area contributed by atoms with Gasteiger partial charge >= 0.3 is 5.97 Å². The van der Waals surface area contributed by atoms with Crippen LogP contribution in [0.1, 0.15) is 28.6 Å². The highest BCUT2D eigenvalue weighted by Crippen LogP contribution is 2.34. The van der Waals surface area contributed by atoms with Crippen molar-refractivity contribution in [1.82, 2.24) is 4.90 Å². The molecule has 0 N–H and O–H groups in total. The van der Waals surface area contributed by atoms with Gasteiger partial charge in [0, 0.05) is 11.1 Å². The second-order valence-electron chi connectivity index (χ2n) is 5.58. The number of cyclic esters (lactones) is 1. The van der Waals surface area contributed by atoms with Gasteiger partial charge in [-0.1, -0.05) is 48.5 Å². The zero-order valence-electron chi connectivity index (χ0n) is 13.4. The summed E-state index contributed by atoms with van der Waals surface area (Å²) in [4.78, 5) is 27.0. The molecule has 1 heterocycles. The van der Waals surface area contributed by atoms with Gasteiger partial charge in [-0.3, -0.25) is 9.69 Å². The van der Waals surface area contributed by atoms with E-state index in [0.29, 0.717) is 12.0 Å². The highest BCUT2D eigenvalue weighted by atomic mass is 32.2. The van der Waals surface area contributed by atoms with Crippen molar-refractivity contribution in [3.8, 4) is 0 Å². The summed E-state index contributed by atoms with van der Waals surface area (Å²) in [5.74, 6) is 0.281. The lowest BCUT2D eigenvalue weighted by atomic mass is 10.1. The van der Waals surface area contributed by atoms with Crippen molar-refractivity contribution in [2.45, 2.75) is 18.7 Å². The molecular weight excluding hydrogens is 322 g/mol. The molecule has 1 saturated heterocycles. The van der Waals surface area contributed by atoms with E-state index in [0.717, 1.165) is 11.3 Å². The fraction of sp³-hybridized carbons (Fsp3) is 0.263. The van der Waals surface area contributed by atoms with E-state index in [9.17, 15) is 9.59 Å². The Labute approximate surface area is 145 Å². The second-order valence-corrected chi connectivity index (χ2v) is 6.56. The second kappa shape index (κ2) is 7.53. The van der Waals surface area contributed by atoms with E-state index < -0.39 is 12.3 Å². The number of hydrogen-bond acceptors (Lipinski definition) is 4. The van der Waals surface area contributed by atoms with Gasteiger partial charge in [-0.25, -0.2) is 4.79 Å². The molecule has 2 aromatic carbocycles. The molecule has 0 unspecified atom stereocenters. The van der Waals surface area contributed by atoms with Gasteiger partial charge in [0.05, 0.1) is 0 Å². The quantitative estimate of drug-likeness (QED) is 0.781. The Bertz CT molecular complexity index is 705. The van der Waals surface area contributed by atoms with Crippen LogP contribution >= 0.6 is 11.8 Å². The molecular formula is C19H19NO3S. The number of benzene rings is 2. The van der Waals surface area contributed by atoms with E-state index in [1.165, 1.54) is 0 Å². The topological polar surface area (TPSA) is 46.6 Å². The third-order valence-electron chi connectivity index (χ3n) is 4.02. The van der Waals surface area contributed by atoms with Crippen molar-refractivity contribution < 1.29 is 14.3 Å². The molecule has 1 fully saturated rings. The Morgan fingerprint density at radius 3 is 2.33 bits per heavy atom. The van der Waals surface area contributed by atoms with E-state index in [1.54, 1.807) is 28.8 Å². The number of amides is 1. The summed E-state index contributed by atoms with van der Waals surface area (Å²) in [7, 11) is 0. The highest BCUT2D eigenvalue weighted by Gasteiger charge is 2.45. The van der Waals surface area contributed by atoms with Crippen molar-refractivity contribution >= 4 is 23.6 Å². The van der Waals surface area contributed by atoms with Gasteiger partial charge in [0.15, 0.2) is 0 Å². The lowest BCUT2D eigenvalue weighted by molar-refractivity contribution is -0.142. The molecule has 0 radical (unpaired) electrons. The summed E-state index contributed by atoms with van der Waals surface area (Å²) >= 11 is 1.65. The Balaban J connectivity index is 1.96. The molecule has 1 aliphatic heterocycles. The number of nitrogens with zero attached hydrogens (tertiary/aromatic N) is 1. The third kappa shape index (κ3) is 3.31. The van der Waals surface area contributed by atoms with Crippen LogP contribution in [0, 0.1) is 0 Å². The minimum atomic E-state index is -0.668. The van der Waals surface area contributed by atoms with Gasteiger partial charge in [-0.05, 0) is 30.6 Å². The number of carbonyl (C=O) groups excluding carboxylic acids is 2. The average Bonchev–Trinajstić information content (AvgIpc) is 2.97. The zero-order valence-corrected chi connectivity index (χ0v) is 14.2. The number of hydrogen-bond donors (Lipinski definition) is 0. The number of carbonyl (C=O) groups is 2. The van der Waals surface area contributed by atoms with Gasteiger partial charge in [0.1, 0.15) is 6.04 Å². The summed E-state index contributed by atoms with van der Waals surface area (Å²) in [6.45, 7) is 0. The molecule has 24 heavy (non-hydrogen) atoms. The Morgan fingerprint density at radius 2 is 1.71 bits per heavy atom. The largest absolute Gasteiger partial charge is 0.435 e. The van der Waals surface area contributed by atoms with Crippen molar-refractivity contribution in [3.63, 3.8) is 0 Å².